The van der Waals surface area contributed by atoms with Crippen molar-refractivity contribution in [2.24, 2.45) is 11.8 Å². The number of alkyl halides is 2. The van der Waals surface area contributed by atoms with Crippen molar-refractivity contribution in [3.63, 3.8) is 0 Å². The lowest BCUT2D eigenvalue weighted by Gasteiger charge is -2.38. The maximum Gasteiger partial charge on any atom is 0.237 e. The van der Waals surface area contributed by atoms with Crippen LogP contribution in [0.2, 0.25) is 0 Å². The van der Waals surface area contributed by atoms with Gasteiger partial charge in [0.15, 0.2) is 9.84 Å². The Kier molecular flexibility index (Phi) is 7.23. The summed E-state index contributed by atoms with van der Waals surface area (Å²) in [5.41, 5.74) is 0. The molecule has 0 aromatic rings. The summed E-state index contributed by atoms with van der Waals surface area (Å²) in [4.78, 5) is 17.6. The predicted molar refractivity (Wildman–Crippen MR) is 127 cm³/mol. The Bertz CT molecular complexity index is 829. The molecular formula is C24H40F2N4O3S. The highest BCUT2D eigenvalue weighted by Crippen LogP contribution is 2.39. The van der Waals surface area contributed by atoms with Crippen molar-refractivity contribution in [2.45, 2.75) is 94.4 Å². The van der Waals surface area contributed by atoms with Crippen LogP contribution in [-0.2, 0) is 14.6 Å². The molecule has 0 aromatic carbocycles. The summed E-state index contributed by atoms with van der Waals surface area (Å²) < 4.78 is 52.6. The van der Waals surface area contributed by atoms with E-state index in [0.29, 0.717) is 50.7 Å². The Morgan fingerprint density at radius 1 is 0.941 bits per heavy atom. The standard InChI is InChI=1S/C24H40F2N4O3S/c1-15-2-3-21(26)20-13-22(28-23(15)20)24(31)27-17-10-16(25)11-19(12-17)30-5-4-18(14-30)29-6-8-34(32,33)9-7-29/h15-23,28H,2-14H2,1H3,(H,27,31). The van der Waals surface area contributed by atoms with Crippen LogP contribution in [-0.4, -0.2) is 104 Å². The molecule has 2 saturated carbocycles. The molecule has 1 amide bonds. The van der Waals surface area contributed by atoms with E-state index < -0.39 is 28.2 Å². The minimum absolute atomic E-state index is 0.0545. The lowest BCUT2D eigenvalue weighted by atomic mass is 9.77. The van der Waals surface area contributed by atoms with Crippen LogP contribution in [0.3, 0.4) is 0 Å². The highest BCUT2D eigenvalue weighted by atomic mass is 32.2. The molecule has 9 unspecified atom stereocenters. The number of sulfone groups is 1. The van der Waals surface area contributed by atoms with Crippen LogP contribution < -0.4 is 10.6 Å². The van der Waals surface area contributed by atoms with Crippen LogP contribution in [0.1, 0.15) is 51.9 Å². The third kappa shape index (κ3) is 5.30. The molecule has 5 rings (SSSR count). The second-order valence-corrected chi connectivity index (χ2v) is 13.8. The van der Waals surface area contributed by atoms with Gasteiger partial charge in [-0.05, 0) is 50.9 Å². The number of halogens is 2. The second-order valence-electron chi connectivity index (χ2n) is 11.5. The van der Waals surface area contributed by atoms with Gasteiger partial charge in [0.25, 0.3) is 0 Å². The summed E-state index contributed by atoms with van der Waals surface area (Å²) in [5.74, 6) is 0.616. The molecule has 9 atom stereocenters. The number of hydrogen-bond acceptors (Lipinski definition) is 6. The Labute approximate surface area is 202 Å². The second kappa shape index (κ2) is 9.90. The molecule has 0 radical (unpaired) electrons. The number of amides is 1. The molecule has 10 heteroatoms. The third-order valence-corrected chi connectivity index (χ3v) is 10.8. The van der Waals surface area contributed by atoms with E-state index in [1.165, 1.54) is 0 Å². The fourth-order valence-corrected chi connectivity index (χ4v) is 8.46. The van der Waals surface area contributed by atoms with Crippen molar-refractivity contribution in [3.05, 3.63) is 0 Å². The molecule has 2 N–H and O–H groups in total. The average molecular weight is 503 g/mol. The predicted octanol–water partition coefficient (Wildman–Crippen LogP) is 1.28. The van der Waals surface area contributed by atoms with E-state index in [9.17, 15) is 22.0 Å². The van der Waals surface area contributed by atoms with E-state index in [2.05, 4.69) is 27.4 Å². The van der Waals surface area contributed by atoms with Gasteiger partial charge in [0.1, 0.15) is 12.3 Å². The molecule has 0 bridgehead atoms. The summed E-state index contributed by atoms with van der Waals surface area (Å²) in [6.07, 6.45) is 2.69. The highest BCUT2D eigenvalue weighted by molar-refractivity contribution is 7.91. The number of likely N-dealkylation sites (tertiary alicyclic amines) is 1. The third-order valence-electron chi connectivity index (χ3n) is 9.23. The molecule has 0 spiro atoms. The minimum Gasteiger partial charge on any atom is -0.352 e. The largest absolute Gasteiger partial charge is 0.352 e. The van der Waals surface area contributed by atoms with Gasteiger partial charge >= 0.3 is 0 Å². The molecular weight excluding hydrogens is 462 g/mol. The van der Waals surface area contributed by atoms with Gasteiger partial charge in [-0.25, -0.2) is 17.2 Å². The van der Waals surface area contributed by atoms with E-state index in [-0.39, 0.29) is 41.5 Å². The van der Waals surface area contributed by atoms with E-state index in [4.69, 9.17) is 0 Å². The van der Waals surface area contributed by atoms with E-state index >= 15 is 0 Å². The van der Waals surface area contributed by atoms with Crippen molar-refractivity contribution in [1.29, 1.82) is 0 Å². The molecule has 3 aliphatic heterocycles. The number of carbonyl (C=O) groups excluding carboxylic acids is 1. The lowest BCUT2D eigenvalue weighted by molar-refractivity contribution is -0.124. The maximum atomic E-state index is 14.7. The first-order chi connectivity index (χ1) is 16.2. The molecule has 34 heavy (non-hydrogen) atoms. The minimum atomic E-state index is -2.90. The molecule has 5 aliphatic rings. The molecule has 0 aromatic heterocycles. The Balaban J connectivity index is 1.14. The number of nitrogens with zero attached hydrogens (tertiary/aromatic N) is 2. The van der Waals surface area contributed by atoms with Crippen LogP contribution in [0.25, 0.3) is 0 Å². The van der Waals surface area contributed by atoms with Crippen LogP contribution in [0.15, 0.2) is 0 Å². The maximum absolute atomic E-state index is 14.7. The van der Waals surface area contributed by atoms with Crippen LogP contribution in [0.4, 0.5) is 8.78 Å². The SMILES string of the molecule is CC1CCC(F)C2CC(C(=O)NC3CC(F)CC(N4CCC(N5CCS(=O)(=O)CC5)C4)C3)NC12. The van der Waals surface area contributed by atoms with E-state index in [1.54, 1.807) is 0 Å². The summed E-state index contributed by atoms with van der Waals surface area (Å²) in [6, 6.07) is -0.131. The lowest BCUT2D eigenvalue weighted by Crippen LogP contribution is -2.53. The quantitative estimate of drug-likeness (QED) is 0.603. The fourth-order valence-electron chi connectivity index (χ4n) is 7.23. The monoisotopic (exact) mass is 502 g/mol. The first kappa shape index (κ1) is 24.8. The van der Waals surface area contributed by atoms with Gasteiger partial charge in [-0.2, -0.15) is 0 Å². The molecule has 5 fully saturated rings. The van der Waals surface area contributed by atoms with E-state index in [0.717, 1.165) is 32.4 Å². The zero-order valence-corrected chi connectivity index (χ0v) is 21.0. The first-order valence-corrected chi connectivity index (χ1v) is 15.0. The Hall–Kier alpha value is -0.840. The van der Waals surface area contributed by atoms with Crippen molar-refractivity contribution < 1.29 is 22.0 Å². The van der Waals surface area contributed by atoms with Crippen LogP contribution in [0.5, 0.6) is 0 Å². The van der Waals surface area contributed by atoms with Crippen LogP contribution >= 0.6 is 0 Å². The molecule has 3 saturated heterocycles. The van der Waals surface area contributed by atoms with Gasteiger partial charge in [0.2, 0.25) is 5.91 Å². The molecule has 2 aliphatic carbocycles. The molecule has 3 heterocycles. The Morgan fingerprint density at radius 2 is 1.71 bits per heavy atom. The fraction of sp³-hybridized carbons (Fsp3) is 0.958. The van der Waals surface area contributed by atoms with Gasteiger partial charge in [0, 0.05) is 56.3 Å². The normalized spacial score (nSPS) is 45.7. The number of hydrogen-bond donors (Lipinski definition) is 2. The van der Waals surface area contributed by atoms with Gasteiger partial charge in [-0.3, -0.25) is 14.6 Å². The van der Waals surface area contributed by atoms with Crippen LogP contribution in [0, 0.1) is 11.8 Å². The van der Waals surface area contributed by atoms with Gasteiger partial charge in [-0.1, -0.05) is 6.92 Å². The summed E-state index contributed by atoms with van der Waals surface area (Å²) in [6.45, 7) is 5.02. The van der Waals surface area contributed by atoms with Crippen molar-refractivity contribution in [2.75, 3.05) is 37.7 Å². The zero-order valence-electron chi connectivity index (χ0n) is 20.2. The summed E-state index contributed by atoms with van der Waals surface area (Å²) in [7, 11) is -2.90. The number of carbonyl (C=O) groups is 1. The summed E-state index contributed by atoms with van der Waals surface area (Å²) in [5, 5.41) is 6.48. The first-order valence-electron chi connectivity index (χ1n) is 13.2. The van der Waals surface area contributed by atoms with Crippen molar-refractivity contribution >= 4 is 15.7 Å². The topological polar surface area (TPSA) is 81.8 Å². The van der Waals surface area contributed by atoms with Gasteiger partial charge in [-0.15, -0.1) is 0 Å². The molecule has 194 valence electrons. The van der Waals surface area contributed by atoms with Gasteiger partial charge in [0.05, 0.1) is 17.5 Å². The highest BCUT2D eigenvalue weighted by Gasteiger charge is 2.47. The van der Waals surface area contributed by atoms with E-state index in [1.807, 2.05) is 0 Å². The average Bonchev–Trinajstić information content (AvgIpc) is 3.45. The van der Waals surface area contributed by atoms with Crippen molar-refractivity contribution in [3.8, 4) is 0 Å². The smallest absolute Gasteiger partial charge is 0.237 e. The summed E-state index contributed by atoms with van der Waals surface area (Å²) >= 11 is 0. The number of nitrogens with one attached hydrogen (secondary N) is 2. The zero-order chi connectivity index (χ0) is 24.0. The number of fused-ring (bicyclic) bond motifs is 1. The molecule has 7 nitrogen and oxygen atoms in total. The number of rotatable bonds is 4. The van der Waals surface area contributed by atoms with Gasteiger partial charge < -0.3 is 10.6 Å². The van der Waals surface area contributed by atoms with Crippen molar-refractivity contribution in [1.82, 2.24) is 20.4 Å². The Morgan fingerprint density at radius 3 is 2.44 bits per heavy atom.